The fraction of sp³-hybridized carbons (Fsp3) is 0.818. The Morgan fingerprint density at radius 3 is 3.00 bits per heavy atom. The predicted octanol–water partition coefficient (Wildman–Crippen LogP) is 0.654. The fourth-order valence-electron chi connectivity index (χ4n) is 2.40. The van der Waals surface area contributed by atoms with Crippen molar-refractivity contribution in [3.63, 3.8) is 0 Å². The highest BCUT2D eigenvalue weighted by atomic mass is 16.5. The van der Waals surface area contributed by atoms with E-state index >= 15 is 0 Å². The van der Waals surface area contributed by atoms with E-state index in [0.717, 1.165) is 32.0 Å². The number of aryl methyl sites for hydroxylation is 1. The van der Waals surface area contributed by atoms with Gasteiger partial charge in [0.05, 0.1) is 5.54 Å². The van der Waals surface area contributed by atoms with Crippen LogP contribution in [-0.2, 0) is 12.0 Å². The Morgan fingerprint density at radius 2 is 2.38 bits per heavy atom. The maximum absolute atomic E-state index is 6.38. The summed E-state index contributed by atoms with van der Waals surface area (Å²) in [4.78, 5) is 6.83. The van der Waals surface area contributed by atoms with Crippen molar-refractivity contribution in [1.29, 1.82) is 0 Å². The van der Waals surface area contributed by atoms with Gasteiger partial charge in [0.25, 0.3) is 0 Å². The van der Waals surface area contributed by atoms with Crippen LogP contribution in [0.2, 0.25) is 0 Å². The van der Waals surface area contributed by atoms with Crippen molar-refractivity contribution >= 4 is 0 Å². The second-order valence-corrected chi connectivity index (χ2v) is 4.97. The molecule has 2 fully saturated rings. The molecule has 5 nitrogen and oxygen atoms in total. The van der Waals surface area contributed by atoms with E-state index in [0.29, 0.717) is 11.7 Å². The van der Waals surface area contributed by atoms with Gasteiger partial charge < -0.3 is 10.3 Å². The van der Waals surface area contributed by atoms with Gasteiger partial charge >= 0.3 is 0 Å². The van der Waals surface area contributed by atoms with Gasteiger partial charge in [-0.25, -0.2) is 0 Å². The molecular weight excluding hydrogens is 204 g/mol. The minimum Gasteiger partial charge on any atom is -0.339 e. The Kier molecular flexibility index (Phi) is 2.26. The molecule has 0 radical (unpaired) electrons. The van der Waals surface area contributed by atoms with Crippen LogP contribution < -0.4 is 5.73 Å². The van der Waals surface area contributed by atoms with Crippen LogP contribution in [-0.4, -0.2) is 34.2 Å². The maximum atomic E-state index is 6.38. The maximum Gasteiger partial charge on any atom is 0.226 e. The highest BCUT2D eigenvalue weighted by Crippen LogP contribution is 2.35. The first-order valence-corrected chi connectivity index (χ1v) is 6.07. The summed E-state index contributed by atoms with van der Waals surface area (Å²) in [5, 5.41) is 4.02. The molecule has 1 aliphatic carbocycles. The second-order valence-electron chi connectivity index (χ2n) is 4.97. The van der Waals surface area contributed by atoms with Crippen molar-refractivity contribution in [3.05, 3.63) is 11.7 Å². The van der Waals surface area contributed by atoms with Crippen molar-refractivity contribution in [2.75, 3.05) is 13.1 Å². The number of hydrogen-bond donors (Lipinski definition) is 1. The minimum atomic E-state index is -0.389. The van der Waals surface area contributed by atoms with Gasteiger partial charge in [-0.15, -0.1) is 0 Å². The van der Waals surface area contributed by atoms with Crippen LogP contribution in [0.3, 0.4) is 0 Å². The SMILES string of the molecule is CCc1nc(C2(N)CCN(C3CC3)C2)no1. The standard InChI is InChI=1S/C11H18N4O/c1-2-9-13-10(14-16-9)11(12)5-6-15(7-11)8-3-4-8/h8H,2-7,12H2,1H3. The molecule has 0 spiro atoms. The molecule has 1 unspecified atom stereocenters. The van der Waals surface area contributed by atoms with Crippen LogP contribution in [0.4, 0.5) is 0 Å². The topological polar surface area (TPSA) is 68.2 Å². The number of nitrogens with two attached hydrogens (primary N) is 1. The Balaban J connectivity index is 1.77. The molecule has 5 heteroatoms. The molecule has 88 valence electrons. The van der Waals surface area contributed by atoms with Crippen LogP contribution in [0.5, 0.6) is 0 Å². The van der Waals surface area contributed by atoms with Gasteiger partial charge in [-0.1, -0.05) is 12.1 Å². The molecule has 2 aliphatic rings. The van der Waals surface area contributed by atoms with E-state index in [1.54, 1.807) is 0 Å². The highest BCUT2D eigenvalue weighted by Gasteiger charge is 2.44. The van der Waals surface area contributed by atoms with Crippen molar-refractivity contribution < 1.29 is 4.52 Å². The van der Waals surface area contributed by atoms with Gasteiger partial charge in [0.15, 0.2) is 5.82 Å². The molecule has 0 bridgehead atoms. The van der Waals surface area contributed by atoms with Gasteiger partial charge in [-0.05, 0) is 19.3 Å². The summed E-state index contributed by atoms with van der Waals surface area (Å²) >= 11 is 0. The van der Waals surface area contributed by atoms with E-state index < -0.39 is 0 Å². The number of rotatable bonds is 3. The molecule has 3 rings (SSSR count). The lowest BCUT2D eigenvalue weighted by Gasteiger charge is -2.20. The zero-order valence-electron chi connectivity index (χ0n) is 9.65. The Labute approximate surface area is 95.0 Å². The minimum absolute atomic E-state index is 0.389. The average Bonchev–Trinajstić information content (AvgIpc) is 2.88. The number of likely N-dealkylation sites (tertiary alicyclic amines) is 1. The number of aromatic nitrogens is 2. The molecule has 1 saturated heterocycles. The molecule has 1 aliphatic heterocycles. The van der Waals surface area contributed by atoms with Crippen LogP contribution in [0.15, 0.2) is 4.52 Å². The third kappa shape index (κ3) is 1.64. The monoisotopic (exact) mass is 222 g/mol. The summed E-state index contributed by atoms with van der Waals surface area (Å²) in [6.45, 7) is 3.95. The normalized spacial score (nSPS) is 31.1. The average molecular weight is 222 g/mol. The predicted molar refractivity (Wildman–Crippen MR) is 58.8 cm³/mol. The Hall–Kier alpha value is -0.940. The molecule has 2 heterocycles. The van der Waals surface area contributed by atoms with Crippen molar-refractivity contribution in [2.45, 2.75) is 44.2 Å². The van der Waals surface area contributed by atoms with Crippen LogP contribution in [0, 0.1) is 0 Å². The van der Waals surface area contributed by atoms with Crippen LogP contribution in [0.1, 0.15) is 37.9 Å². The third-order valence-electron chi connectivity index (χ3n) is 3.61. The van der Waals surface area contributed by atoms with E-state index in [1.807, 2.05) is 6.92 Å². The van der Waals surface area contributed by atoms with E-state index in [9.17, 15) is 0 Å². The van der Waals surface area contributed by atoms with Crippen molar-refractivity contribution in [3.8, 4) is 0 Å². The summed E-state index contributed by atoms with van der Waals surface area (Å²) < 4.78 is 5.14. The lowest BCUT2D eigenvalue weighted by Crippen LogP contribution is -2.41. The zero-order chi connectivity index (χ0) is 11.2. The number of nitrogens with zero attached hydrogens (tertiary/aromatic N) is 3. The molecule has 2 N–H and O–H groups in total. The summed E-state index contributed by atoms with van der Waals surface area (Å²) in [6.07, 6.45) is 4.35. The Bertz CT molecular complexity index is 387. The molecule has 0 aromatic carbocycles. The first-order chi connectivity index (χ1) is 7.71. The largest absolute Gasteiger partial charge is 0.339 e. The Morgan fingerprint density at radius 1 is 1.56 bits per heavy atom. The third-order valence-corrected chi connectivity index (χ3v) is 3.61. The van der Waals surface area contributed by atoms with Crippen molar-refractivity contribution in [1.82, 2.24) is 15.0 Å². The van der Waals surface area contributed by atoms with E-state index in [1.165, 1.54) is 12.8 Å². The molecule has 1 saturated carbocycles. The summed E-state index contributed by atoms with van der Waals surface area (Å²) in [5.74, 6) is 1.37. The quantitative estimate of drug-likeness (QED) is 0.813. The van der Waals surface area contributed by atoms with Gasteiger partial charge in [0.1, 0.15) is 0 Å². The van der Waals surface area contributed by atoms with Crippen molar-refractivity contribution in [2.24, 2.45) is 5.73 Å². The van der Waals surface area contributed by atoms with Gasteiger partial charge in [-0.2, -0.15) is 4.98 Å². The van der Waals surface area contributed by atoms with E-state index in [2.05, 4.69) is 15.0 Å². The molecule has 0 amide bonds. The molecule has 16 heavy (non-hydrogen) atoms. The summed E-state index contributed by atoms with van der Waals surface area (Å²) in [7, 11) is 0. The molecule has 1 atom stereocenters. The highest BCUT2D eigenvalue weighted by molar-refractivity contribution is 5.10. The molecular formula is C11H18N4O. The molecule has 1 aromatic heterocycles. The van der Waals surface area contributed by atoms with Gasteiger partial charge in [-0.3, -0.25) is 4.90 Å². The lowest BCUT2D eigenvalue weighted by molar-refractivity contribution is 0.292. The lowest BCUT2D eigenvalue weighted by atomic mass is 9.99. The first kappa shape index (κ1) is 10.2. The van der Waals surface area contributed by atoms with Crippen LogP contribution >= 0.6 is 0 Å². The summed E-state index contributed by atoms with van der Waals surface area (Å²) in [6, 6.07) is 0.767. The fourth-order valence-corrected chi connectivity index (χ4v) is 2.40. The second kappa shape index (κ2) is 3.53. The van der Waals surface area contributed by atoms with Crippen LogP contribution in [0.25, 0.3) is 0 Å². The van der Waals surface area contributed by atoms with Gasteiger partial charge in [0, 0.05) is 25.6 Å². The van der Waals surface area contributed by atoms with Gasteiger partial charge in [0.2, 0.25) is 5.89 Å². The van der Waals surface area contributed by atoms with E-state index in [4.69, 9.17) is 10.3 Å². The number of hydrogen-bond acceptors (Lipinski definition) is 5. The smallest absolute Gasteiger partial charge is 0.226 e. The molecule has 1 aromatic rings. The first-order valence-electron chi connectivity index (χ1n) is 6.07. The summed E-state index contributed by atoms with van der Waals surface area (Å²) in [5.41, 5.74) is 5.99. The zero-order valence-corrected chi connectivity index (χ0v) is 9.65. The van der Waals surface area contributed by atoms with E-state index in [-0.39, 0.29) is 5.54 Å².